The van der Waals surface area contributed by atoms with Crippen molar-refractivity contribution in [3.63, 3.8) is 0 Å². The normalized spacial score (nSPS) is 19.7. The molecular formula is C26H32N2O. The SMILES string of the molecule is C=CC[C@H]1C(C)=C(N(C)c2ccccc2)C[C@@H](c2ccc(OC)cc2)N1CC=C. The van der Waals surface area contributed by atoms with E-state index in [0.29, 0.717) is 6.04 Å². The number of anilines is 1. The van der Waals surface area contributed by atoms with Crippen molar-refractivity contribution in [2.45, 2.75) is 31.8 Å². The summed E-state index contributed by atoms with van der Waals surface area (Å²) in [6.45, 7) is 11.2. The summed E-state index contributed by atoms with van der Waals surface area (Å²) in [5.41, 5.74) is 5.30. The van der Waals surface area contributed by atoms with Crippen molar-refractivity contribution < 1.29 is 4.74 Å². The molecule has 0 unspecified atom stereocenters. The van der Waals surface area contributed by atoms with Gasteiger partial charge in [-0.25, -0.2) is 0 Å². The number of para-hydroxylation sites is 1. The number of hydrogen-bond acceptors (Lipinski definition) is 3. The summed E-state index contributed by atoms with van der Waals surface area (Å²) in [4.78, 5) is 4.89. The Bertz CT molecular complexity index is 854. The van der Waals surface area contributed by atoms with Gasteiger partial charge in [0.25, 0.3) is 0 Å². The van der Waals surface area contributed by atoms with Gasteiger partial charge in [-0.2, -0.15) is 0 Å². The van der Waals surface area contributed by atoms with Crippen molar-refractivity contribution in [1.29, 1.82) is 0 Å². The molecule has 0 aliphatic carbocycles. The molecule has 0 radical (unpaired) electrons. The topological polar surface area (TPSA) is 15.7 Å². The highest BCUT2D eigenvalue weighted by Crippen LogP contribution is 2.41. The van der Waals surface area contributed by atoms with Gasteiger partial charge in [-0.05, 0) is 48.7 Å². The Labute approximate surface area is 175 Å². The fraction of sp³-hybridized carbons (Fsp3) is 0.308. The average molecular weight is 389 g/mol. The van der Waals surface area contributed by atoms with Crippen LogP contribution in [-0.4, -0.2) is 31.6 Å². The highest BCUT2D eigenvalue weighted by atomic mass is 16.5. The summed E-state index contributed by atoms with van der Waals surface area (Å²) in [6.07, 6.45) is 5.90. The first-order valence-electron chi connectivity index (χ1n) is 10.2. The molecule has 29 heavy (non-hydrogen) atoms. The van der Waals surface area contributed by atoms with Crippen LogP contribution in [0.2, 0.25) is 0 Å². The molecule has 0 saturated carbocycles. The minimum atomic E-state index is 0.272. The summed E-state index contributed by atoms with van der Waals surface area (Å²) in [7, 11) is 3.88. The molecule has 152 valence electrons. The summed E-state index contributed by atoms with van der Waals surface area (Å²) >= 11 is 0. The fourth-order valence-corrected chi connectivity index (χ4v) is 4.34. The van der Waals surface area contributed by atoms with Gasteiger partial charge in [0.1, 0.15) is 5.75 Å². The second-order valence-corrected chi connectivity index (χ2v) is 7.54. The molecule has 0 N–H and O–H groups in total. The van der Waals surface area contributed by atoms with E-state index < -0.39 is 0 Å². The van der Waals surface area contributed by atoms with Crippen molar-refractivity contribution in [2.75, 3.05) is 25.6 Å². The molecule has 3 rings (SSSR count). The predicted molar refractivity (Wildman–Crippen MR) is 123 cm³/mol. The van der Waals surface area contributed by atoms with Gasteiger partial charge >= 0.3 is 0 Å². The van der Waals surface area contributed by atoms with Gasteiger partial charge in [0.05, 0.1) is 7.11 Å². The lowest BCUT2D eigenvalue weighted by molar-refractivity contribution is 0.154. The Morgan fingerprint density at radius 3 is 2.34 bits per heavy atom. The number of nitrogens with zero attached hydrogens (tertiary/aromatic N) is 2. The van der Waals surface area contributed by atoms with Crippen LogP contribution in [0.25, 0.3) is 0 Å². The van der Waals surface area contributed by atoms with Gasteiger partial charge in [0, 0.05) is 43.5 Å². The molecule has 0 saturated heterocycles. The zero-order valence-corrected chi connectivity index (χ0v) is 17.8. The first kappa shape index (κ1) is 20.9. The number of ether oxygens (including phenoxy) is 1. The highest BCUT2D eigenvalue weighted by Gasteiger charge is 2.35. The van der Waals surface area contributed by atoms with Gasteiger partial charge in [0.15, 0.2) is 0 Å². The largest absolute Gasteiger partial charge is 0.497 e. The van der Waals surface area contributed by atoms with Gasteiger partial charge in [-0.1, -0.05) is 42.5 Å². The van der Waals surface area contributed by atoms with Crippen molar-refractivity contribution in [1.82, 2.24) is 4.90 Å². The molecule has 0 aromatic heterocycles. The van der Waals surface area contributed by atoms with Gasteiger partial charge in [0.2, 0.25) is 0 Å². The number of benzene rings is 2. The predicted octanol–water partition coefficient (Wildman–Crippen LogP) is 5.98. The summed E-state index contributed by atoms with van der Waals surface area (Å²) in [6, 6.07) is 19.6. The van der Waals surface area contributed by atoms with Crippen molar-refractivity contribution in [2.24, 2.45) is 0 Å². The molecule has 1 heterocycles. The number of hydrogen-bond donors (Lipinski definition) is 0. The Morgan fingerprint density at radius 2 is 1.76 bits per heavy atom. The van der Waals surface area contributed by atoms with E-state index in [1.165, 1.54) is 22.5 Å². The van der Waals surface area contributed by atoms with E-state index in [9.17, 15) is 0 Å². The summed E-state index contributed by atoms with van der Waals surface area (Å²) < 4.78 is 5.36. The smallest absolute Gasteiger partial charge is 0.118 e. The summed E-state index contributed by atoms with van der Waals surface area (Å²) in [5.74, 6) is 0.885. The van der Waals surface area contributed by atoms with E-state index in [0.717, 1.165) is 25.1 Å². The Balaban J connectivity index is 2.05. The van der Waals surface area contributed by atoms with Crippen LogP contribution in [0.1, 0.15) is 31.4 Å². The van der Waals surface area contributed by atoms with E-state index in [1.807, 2.05) is 12.2 Å². The minimum absolute atomic E-state index is 0.272. The molecular weight excluding hydrogens is 356 g/mol. The minimum Gasteiger partial charge on any atom is -0.497 e. The van der Waals surface area contributed by atoms with Crippen LogP contribution in [-0.2, 0) is 0 Å². The maximum absolute atomic E-state index is 5.36. The molecule has 2 aromatic carbocycles. The molecule has 3 heteroatoms. The van der Waals surface area contributed by atoms with Crippen molar-refractivity contribution >= 4 is 5.69 Å². The molecule has 2 aromatic rings. The molecule has 0 spiro atoms. The molecule has 0 bridgehead atoms. The molecule has 1 aliphatic heterocycles. The average Bonchev–Trinajstić information content (AvgIpc) is 2.77. The first-order chi connectivity index (χ1) is 14.1. The first-order valence-corrected chi connectivity index (χ1v) is 10.2. The van der Waals surface area contributed by atoms with E-state index in [1.54, 1.807) is 7.11 Å². The van der Waals surface area contributed by atoms with Crippen molar-refractivity contribution in [3.8, 4) is 5.75 Å². The lowest BCUT2D eigenvalue weighted by Gasteiger charge is -2.45. The Hall–Kier alpha value is -2.78. The third-order valence-corrected chi connectivity index (χ3v) is 5.92. The Kier molecular flexibility index (Phi) is 6.95. The van der Waals surface area contributed by atoms with E-state index >= 15 is 0 Å². The lowest BCUT2D eigenvalue weighted by atomic mass is 9.86. The van der Waals surface area contributed by atoms with Crippen LogP contribution in [0.3, 0.4) is 0 Å². The monoisotopic (exact) mass is 388 g/mol. The summed E-state index contributed by atoms with van der Waals surface area (Å²) in [5, 5.41) is 0. The fourth-order valence-electron chi connectivity index (χ4n) is 4.34. The van der Waals surface area contributed by atoms with Crippen LogP contribution in [0.15, 0.2) is 91.2 Å². The molecule has 3 nitrogen and oxygen atoms in total. The van der Waals surface area contributed by atoms with E-state index in [4.69, 9.17) is 4.74 Å². The van der Waals surface area contributed by atoms with Crippen LogP contribution in [0.4, 0.5) is 5.69 Å². The number of methoxy groups -OCH3 is 1. The van der Waals surface area contributed by atoms with Crippen LogP contribution in [0.5, 0.6) is 5.75 Å². The molecule has 1 aliphatic rings. The van der Waals surface area contributed by atoms with Gasteiger partial charge < -0.3 is 9.64 Å². The maximum Gasteiger partial charge on any atom is 0.118 e. The second kappa shape index (κ2) is 9.62. The zero-order chi connectivity index (χ0) is 20.8. The van der Waals surface area contributed by atoms with Crippen molar-refractivity contribution in [3.05, 3.63) is 96.7 Å². The molecule has 0 fully saturated rings. The van der Waals surface area contributed by atoms with Crippen LogP contribution in [0, 0.1) is 0 Å². The lowest BCUT2D eigenvalue weighted by Crippen LogP contribution is -2.45. The third kappa shape index (κ3) is 4.46. The molecule has 2 atom stereocenters. The quantitative estimate of drug-likeness (QED) is 0.517. The van der Waals surface area contributed by atoms with E-state index in [2.05, 4.69) is 91.5 Å². The maximum atomic E-state index is 5.36. The van der Waals surface area contributed by atoms with Gasteiger partial charge in [-0.3, -0.25) is 4.90 Å². The van der Waals surface area contributed by atoms with Crippen LogP contribution >= 0.6 is 0 Å². The third-order valence-electron chi connectivity index (χ3n) is 5.92. The highest BCUT2D eigenvalue weighted by molar-refractivity contribution is 5.53. The zero-order valence-electron chi connectivity index (χ0n) is 17.8. The molecule has 0 amide bonds. The van der Waals surface area contributed by atoms with E-state index in [-0.39, 0.29) is 6.04 Å². The standard InChI is InChI=1S/C26H32N2O/c1-6-11-24-20(3)25(27(4)22-12-9-8-10-13-22)19-26(28(24)18-7-2)21-14-16-23(29-5)17-15-21/h6-10,12-17,24,26H,1-2,11,18-19H2,3-5H3/t24-,26-/m0/s1. The second-order valence-electron chi connectivity index (χ2n) is 7.54. The Morgan fingerprint density at radius 1 is 1.07 bits per heavy atom. The van der Waals surface area contributed by atoms with Crippen LogP contribution < -0.4 is 9.64 Å². The number of rotatable bonds is 8. The van der Waals surface area contributed by atoms with Gasteiger partial charge in [-0.15, -0.1) is 13.2 Å².